The Hall–Kier alpha value is -2.34. The molecule has 2 atom stereocenters. The van der Waals surface area contributed by atoms with E-state index in [9.17, 15) is 9.90 Å². The highest BCUT2D eigenvalue weighted by atomic mass is 16.4. The number of aliphatic hydroxyl groups excluding tert-OH is 1. The molecule has 2 aliphatic rings. The van der Waals surface area contributed by atoms with E-state index in [1.807, 2.05) is 24.7 Å². The van der Waals surface area contributed by atoms with Crippen LogP contribution in [0.4, 0.5) is 4.79 Å². The van der Waals surface area contributed by atoms with Gasteiger partial charge < -0.3 is 19.7 Å². The Morgan fingerprint density at radius 3 is 2.79 bits per heavy atom. The van der Waals surface area contributed by atoms with Gasteiger partial charge in [0, 0.05) is 18.7 Å². The maximum Gasteiger partial charge on any atom is 0.407 e. The van der Waals surface area contributed by atoms with Crippen molar-refractivity contribution in [3.63, 3.8) is 0 Å². The van der Waals surface area contributed by atoms with Crippen molar-refractivity contribution in [2.45, 2.75) is 31.4 Å². The van der Waals surface area contributed by atoms with E-state index in [-0.39, 0.29) is 12.0 Å². The maximum atomic E-state index is 11.0. The number of hydrogen-bond acceptors (Lipinski definition) is 3. The number of carbonyl (C=O) groups is 1. The highest BCUT2D eigenvalue weighted by Crippen LogP contribution is 2.42. The maximum absolute atomic E-state index is 11.0. The molecular formula is C18H21N3O3. The Kier molecular flexibility index (Phi) is 3.76. The highest BCUT2D eigenvalue weighted by Gasteiger charge is 2.33. The Morgan fingerprint density at radius 2 is 2.04 bits per heavy atom. The van der Waals surface area contributed by atoms with Gasteiger partial charge in [-0.15, -0.1) is 0 Å². The molecule has 2 N–H and O–H groups in total. The first kappa shape index (κ1) is 15.2. The van der Waals surface area contributed by atoms with Crippen molar-refractivity contribution < 1.29 is 15.0 Å². The quantitative estimate of drug-likeness (QED) is 0.908. The Bertz CT molecular complexity index is 749. The van der Waals surface area contributed by atoms with Crippen molar-refractivity contribution in [3.8, 4) is 11.3 Å². The van der Waals surface area contributed by atoms with Crippen molar-refractivity contribution >= 4 is 6.09 Å². The highest BCUT2D eigenvalue weighted by molar-refractivity contribution is 5.69. The van der Waals surface area contributed by atoms with Crippen LogP contribution in [-0.4, -0.2) is 50.0 Å². The number of amides is 1. The molecular weight excluding hydrogens is 306 g/mol. The summed E-state index contributed by atoms with van der Waals surface area (Å²) in [5.74, 6) is 0.153. The molecule has 0 aliphatic carbocycles. The fraction of sp³-hybridized carbons (Fsp3) is 0.444. The van der Waals surface area contributed by atoms with Gasteiger partial charge in [0.15, 0.2) is 0 Å². The number of piperidine rings is 1. The number of fused-ring (bicyclic) bond motifs is 3. The van der Waals surface area contributed by atoms with Gasteiger partial charge in [0.05, 0.1) is 30.4 Å². The molecule has 126 valence electrons. The van der Waals surface area contributed by atoms with Crippen LogP contribution in [0.1, 0.15) is 30.9 Å². The standard InChI is InChI=1S/C18H21N3O3/c22-17(12-5-7-20(8-6-12)18(23)24)9-15-13-3-1-2-4-14(13)16-10-19-11-21(15)16/h1-4,10-12,15,17,22H,5-9H2,(H,23,24)/t15-,17+/m0/s1. The number of aliphatic hydroxyl groups is 1. The van der Waals surface area contributed by atoms with E-state index in [1.54, 1.807) is 0 Å². The molecule has 1 amide bonds. The van der Waals surface area contributed by atoms with Crippen molar-refractivity contribution in [2.24, 2.45) is 5.92 Å². The van der Waals surface area contributed by atoms with E-state index >= 15 is 0 Å². The molecule has 0 saturated carbocycles. The lowest BCUT2D eigenvalue weighted by Crippen LogP contribution is -2.40. The average Bonchev–Trinajstić information content (AvgIpc) is 3.18. The second-order valence-electron chi connectivity index (χ2n) is 6.70. The van der Waals surface area contributed by atoms with Gasteiger partial charge in [-0.3, -0.25) is 0 Å². The minimum absolute atomic E-state index is 0.103. The fourth-order valence-electron chi connectivity index (χ4n) is 4.07. The largest absolute Gasteiger partial charge is 0.465 e. The molecule has 0 unspecified atom stereocenters. The van der Waals surface area contributed by atoms with Gasteiger partial charge in [-0.1, -0.05) is 24.3 Å². The fourth-order valence-corrected chi connectivity index (χ4v) is 4.07. The topological polar surface area (TPSA) is 78.6 Å². The van der Waals surface area contributed by atoms with Gasteiger partial charge in [0.25, 0.3) is 0 Å². The molecule has 2 aliphatic heterocycles. The molecule has 1 saturated heterocycles. The zero-order valence-corrected chi connectivity index (χ0v) is 13.4. The molecule has 24 heavy (non-hydrogen) atoms. The van der Waals surface area contributed by atoms with E-state index in [4.69, 9.17) is 5.11 Å². The number of rotatable bonds is 3. The molecule has 1 aromatic heterocycles. The van der Waals surface area contributed by atoms with Crippen LogP contribution in [0, 0.1) is 5.92 Å². The predicted molar refractivity (Wildman–Crippen MR) is 88.7 cm³/mol. The number of likely N-dealkylation sites (tertiary alicyclic amines) is 1. The first-order valence-electron chi connectivity index (χ1n) is 8.42. The lowest BCUT2D eigenvalue weighted by molar-refractivity contribution is 0.0469. The predicted octanol–water partition coefficient (Wildman–Crippen LogP) is 2.59. The first-order valence-corrected chi connectivity index (χ1v) is 8.42. The van der Waals surface area contributed by atoms with E-state index in [0.717, 1.165) is 18.5 Å². The normalized spacial score (nSPS) is 21.4. The van der Waals surface area contributed by atoms with Crippen LogP contribution in [0.25, 0.3) is 11.3 Å². The molecule has 6 heteroatoms. The van der Waals surface area contributed by atoms with Crippen LogP contribution >= 0.6 is 0 Å². The third-order valence-electron chi connectivity index (χ3n) is 5.42. The number of imidazole rings is 1. The summed E-state index contributed by atoms with van der Waals surface area (Å²) in [6.07, 6.45) is 4.48. The molecule has 4 rings (SSSR count). The van der Waals surface area contributed by atoms with Crippen molar-refractivity contribution in [1.29, 1.82) is 0 Å². The van der Waals surface area contributed by atoms with Gasteiger partial charge in [0.1, 0.15) is 0 Å². The lowest BCUT2D eigenvalue weighted by Gasteiger charge is -2.33. The molecule has 0 bridgehead atoms. The second kappa shape index (κ2) is 5.94. The minimum Gasteiger partial charge on any atom is -0.465 e. The molecule has 0 spiro atoms. The smallest absolute Gasteiger partial charge is 0.407 e. The summed E-state index contributed by atoms with van der Waals surface area (Å²) in [5.41, 5.74) is 3.52. The molecule has 3 heterocycles. The number of aromatic nitrogens is 2. The number of nitrogens with zero attached hydrogens (tertiary/aromatic N) is 3. The molecule has 2 aromatic rings. The van der Waals surface area contributed by atoms with Crippen LogP contribution in [0.2, 0.25) is 0 Å². The van der Waals surface area contributed by atoms with Gasteiger partial charge in [-0.05, 0) is 30.7 Å². The summed E-state index contributed by atoms with van der Waals surface area (Å²) in [5, 5.41) is 19.8. The van der Waals surface area contributed by atoms with E-state index < -0.39 is 12.2 Å². The minimum atomic E-state index is -0.865. The average molecular weight is 327 g/mol. The number of carboxylic acid groups (broad SMARTS) is 1. The first-order chi connectivity index (χ1) is 11.6. The molecule has 6 nitrogen and oxygen atoms in total. The van der Waals surface area contributed by atoms with Crippen molar-refractivity contribution in [2.75, 3.05) is 13.1 Å². The van der Waals surface area contributed by atoms with Crippen molar-refractivity contribution in [3.05, 3.63) is 42.4 Å². The second-order valence-corrected chi connectivity index (χ2v) is 6.70. The van der Waals surface area contributed by atoms with Gasteiger partial charge in [-0.2, -0.15) is 0 Å². The van der Waals surface area contributed by atoms with Crippen molar-refractivity contribution in [1.82, 2.24) is 14.5 Å². The molecule has 0 radical (unpaired) electrons. The van der Waals surface area contributed by atoms with Gasteiger partial charge >= 0.3 is 6.09 Å². The number of hydrogen-bond donors (Lipinski definition) is 2. The van der Waals surface area contributed by atoms with E-state index in [1.165, 1.54) is 16.0 Å². The van der Waals surface area contributed by atoms with Gasteiger partial charge in [-0.25, -0.2) is 9.78 Å². The third-order valence-corrected chi connectivity index (χ3v) is 5.42. The summed E-state index contributed by atoms with van der Waals surface area (Å²) >= 11 is 0. The molecule has 1 fully saturated rings. The lowest BCUT2D eigenvalue weighted by atomic mass is 9.86. The summed E-state index contributed by atoms with van der Waals surface area (Å²) < 4.78 is 2.14. The van der Waals surface area contributed by atoms with Crippen LogP contribution < -0.4 is 0 Å². The zero-order chi connectivity index (χ0) is 16.7. The Balaban J connectivity index is 1.49. The Labute approximate surface area is 140 Å². The summed E-state index contributed by atoms with van der Waals surface area (Å²) in [6.45, 7) is 1.02. The summed E-state index contributed by atoms with van der Waals surface area (Å²) in [6, 6.07) is 8.37. The van der Waals surface area contributed by atoms with E-state index in [2.05, 4.69) is 21.7 Å². The van der Waals surface area contributed by atoms with E-state index in [0.29, 0.717) is 19.5 Å². The van der Waals surface area contributed by atoms with Crippen LogP contribution in [0.3, 0.4) is 0 Å². The third kappa shape index (κ3) is 2.47. The van der Waals surface area contributed by atoms with Crippen LogP contribution in [-0.2, 0) is 0 Å². The number of benzene rings is 1. The monoisotopic (exact) mass is 327 g/mol. The Morgan fingerprint density at radius 1 is 1.29 bits per heavy atom. The van der Waals surface area contributed by atoms with Gasteiger partial charge in [0.2, 0.25) is 0 Å². The van der Waals surface area contributed by atoms with Crippen LogP contribution in [0.15, 0.2) is 36.8 Å². The zero-order valence-electron chi connectivity index (χ0n) is 13.4. The van der Waals surface area contributed by atoms with Crippen LogP contribution in [0.5, 0.6) is 0 Å². The summed E-state index contributed by atoms with van der Waals surface area (Å²) in [7, 11) is 0. The summed E-state index contributed by atoms with van der Waals surface area (Å²) in [4.78, 5) is 16.7. The molecule has 1 aromatic carbocycles. The SMILES string of the molecule is O=C(O)N1CCC([C@H](O)C[C@H]2c3ccccc3-c3cncn32)CC1.